The van der Waals surface area contributed by atoms with Gasteiger partial charge >= 0.3 is 0 Å². The third kappa shape index (κ3) is 4.57. The van der Waals surface area contributed by atoms with E-state index in [4.69, 9.17) is 4.74 Å². The molecule has 0 saturated carbocycles. The Labute approximate surface area is 119 Å². The lowest BCUT2D eigenvalue weighted by atomic mass is 9.85. The number of Topliss-reactive ketones (excluding diaryl/α,β-unsaturated/α-hetero) is 1. The van der Waals surface area contributed by atoms with E-state index in [1.54, 1.807) is 12.1 Å². The fourth-order valence-electron chi connectivity index (χ4n) is 2.44. The number of ketones is 1. The summed E-state index contributed by atoms with van der Waals surface area (Å²) in [4.78, 5) is 11.8. The second kappa shape index (κ2) is 7.34. The molecule has 0 heterocycles. The lowest BCUT2D eigenvalue weighted by molar-refractivity contribution is -0.123. The van der Waals surface area contributed by atoms with Crippen LogP contribution in [-0.4, -0.2) is 19.0 Å². The van der Waals surface area contributed by atoms with Crippen molar-refractivity contribution in [3.8, 4) is 0 Å². The number of benzene rings is 1. The highest BCUT2D eigenvalue weighted by Crippen LogP contribution is 2.24. The summed E-state index contributed by atoms with van der Waals surface area (Å²) in [6.07, 6.45) is 6.83. The second-order valence-corrected chi connectivity index (χ2v) is 5.54. The van der Waals surface area contributed by atoms with E-state index in [0.29, 0.717) is 24.9 Å². The maximum absolute atomic E-state index is 12.8. The summed E-state index contributed by atoms with van der Waals surface area (Å²) in [6.45, 7) is 3.00. The van der Waals surface area contributed by atoms with Crippen LogP contribution in [0, 0.1) is 17.7 Å². The van der Waals surface area contributed by atoms with Crippen LogP contribution >= 0.6 is 0 Å². The van der Waals surface area contributed by atoms with E-state index in [0.717, 1.165) is 18.4 Å². The van der Waals surface area contributed by atoms with Crippen molar-refractivity contribution >= 4 is 5.78 Å². The van der Waals surface area contributed by atoms with Crippen molar-refractivity contribution in [1.82, 2.24) is 0 Å². The fraction of sp³-hybridized carbons (Fsp3) is 0.471. The molecule has 1 aliphatic rings. The van der Waals surface area contributed by atoms with Gasteiger partial charge in [0, 0.05) is 6.42 Å². The minimum atomic E-state index is -0.281. The first-order valence-corrected chi connectivity index (χ1v) is 7.14. The van der Waals surface area contributed by atoms with Crippen LogP contribution in [-0.2, 0) is 16.0 Å². The Morgan fingerprint density at radius 1 is 1.25 bits per heavy atom. The summed E-state index contributed by atoms with van der Waals surface area (Å²) < 4.78 is 18.3. The molecule has 0 fully saturated rings. The standard InChI is InChI=1S/C17H21FO2/c1-13-4-2-3-5-15(13)11-20-12-17(19)10-14-6-8-16(18)9-7-14/h2-3,6-9,13,15H,4-5,10-12H2,1H3. The molecule has 2 unspecified atom stereocenters. The molecule has 2 rings (SSSR count). The molecule has 0 amide bonds. The summed E-state index contributed by atoms with van der Waals surface area (Å²) in [6, 6.07) is 6.03. The highest BCUT2D eigenvalue weighted by atomic mass is 19.1. The minimum Gasteiger partial charge on any atom is -0.373 e. The van der Waals surface area contributed by atoms with Gasteiger partial charge < -0.3 is 4.74 Å². The zero-order valence-electron chi connectivity index (χ0n) is 11.8. The molecule has 0 radical (unpaired) electrons. The first-order chi connectivity index (χ1) is 9.65. The number of rotatable bonds is 6. The molecule has 0 aromatic heterocycles. The van der Waals surface area contributed by atoms with Gasteiger partial charge in [-0.3, -0.25) is 4.79 Å². The highest BCUT2D eigenvalue weighted by molar-refractivity contribution is 5.82. The average Bonchev–Trinajstić information content (AvgIpc) is 2.43. The molecular formula is C17H21FO2. The van der Waals surface area contributed by atoms with E-state index in [1.807, 2.05) is 0 Å². The Hall–Kier alpha value is -1.48. The third-order valence-corrected chi connectivity index (χ3v) is 3.83. The number of halogens is 1. The lowest BCUT2D eigenvalue weighted by Gasteiger charge is -2.24. The molecule has 0 saturated heterocycles. The smallest absolute Gasteiger partial charge is 0.162 e. The first-order valence-electron chi connectivity index (χ1n) is 7.14. The quantitative estimate of drug-likeness (QED) is 0.743. The summed E-state index contributed by atoms with van der Waals surface area (Å²) in [5, 5.41) is 0. The molecular weight excluding hydrogens is 255 g/mol. The van der Waals surface area contributed by atoms with Crippen LogP contribution in [0.5, 0.6) is 0 Å². The Morgan fingerprint density at radius 2 is 1.95 bits per heavy atom. The van der Waals surface area contributed by atoms with Crippen LogP contribution < -0.4 is 0 Å². The molecule has 1 aromatic rings. The average molecular weight is 276 g/mol. The van der Waals surface area contributed by atoms with Crippen LogP contribution in [0.3, 0.4) is 0 Å². The van der Waals surface area contributed by atoms with Crippen molar-refractivity contribution < 1.29 is 13.9 Å². The van der Waals surface area contributed by atoms with Crippen LogP contribution in [0.2, 0.25) is 0 Å². The van der Waals surface area contributed by atoms with Crippen molar-refractivity contribution in [2.45, 2.75) is 26.2 Å². The zero-order chi connectivity index (χ0) is 14.4. The lowest BCUT2D eigenvalue weighted by Crippen LogP contribution is -2.22. The molecule has 0 spiro atoms. The second-order valence-electron chi connectivity index (χ2n) is 5.54. The van der Waals surface area contributed by atoms with Gasteiger partial charge in [0.1, 0.15) is 12.4 Å². The molecule has 1 aromatic carbocycles. The maximum atomic E-state index is 12.8. The normalized spacial score (nSPS) is 21.9. The van der Waals surface area contributed by atoms with Crippen LogP contribution in [0.25, 0.3) is 0 Å². The predicted octanol–water partition coefficient (Wildman–Crippen LogP) is 3.56. The first kappa shape index (κ1) is 14.9. The predicted molar refractivity (Wildman–Crippen MR) is 77.0 cm³/mol. The van der Waals surface area contributed by atoms with E-state index in [2.05, 4.69) is 19.1 Å². The van der Waals surface area contributed by atoms with Gasteiger partial charge in [-0.1, -0.05) is 31.2 Å². The summed E-state index contributed by atoms with van der Waals surface area (Å²) >= 11 is 0. The van der Waals surface area contributed by atoms with Crippen LogP contribution in [0.4, 0.5) is 4.39 Å². The zero-order valence-corrected chi connectivity index (χ0v) is 11.8. The topological polar surface area (TPSA) is 26.3 Å². The Balaban J connectivity index is 1.70. The number of carbonyl (C=O) groups is 1. The maximum Gasteiger partial charge on any atom is 0.162 e. The fourth-order valence-corrected chi connectivity index (χ4v) is 2.44. The molecule has 0 aliphatic heterocycles. The summed E-state index contributed by atoms with van der Waals surface area (Å²) in [7, 11) is 0. The number of ether oxygens (including phenoxy) is 1. The van der Waals surface area contributed by atoms with E-state index < -0.39 is 0 Å². The van der Waals surface area contributed by atoms with Gasteiger partial charge in [-0.05, 0) is 42.4 Å². The van der Waals surface area contributed by atoms with E-state index in [-0.39, 0.29) is 18.2 Å². The Morgan fingerprint density at radius 3 is 2.65 bits per heavy atom. The number of allylic oxidation sites excluding steroid dienone is 2. The molecule has 3 heteroatoms. The van der Waals surface area contributed by atoms with Crippen LogP contribution in [0.1, 0.15) is 25.3 Å². The van der Waals surface area contributed by atoms with Crippen molar-refractivity contribution in [3.63, 3.8) is 0 Å². The van der Waals surface area contributed by atoms with Gasteiger partial charge in [0.05, 0.1) is 6.61 Å². The molecule has 2 nitrogen and oxygen atoms in total. The molecule has 0 N–H and O–H groups in total. The van der Waals surface area contributed by atoms with Gasteiger partial charge in [-0.2, -0.15) is 0 Å². The van der Waals surface area contributed by atoms with Crippen molar-refractivity contribution in [1.29, 1.82) is 0 Å². The number of carbonyl (C=O) groups excluding carboxylic acids is 1. The number of hydrogen-bond acceptors (Lipinski definition) is 2. The molecule has 2 atom stereocenters. The van der Waals surface area contributed by atoms with E-state index in [1.165, 1.54) is 12.1 Å². The third-order valence-electron chi connectivity index (χ3n) is 3.83. The molecule has 20 heavy (non-hydrogen) atoms. The summed E-state index contributed by atoms with van der Waals surface area (Å²) in [5.74, 6) is 0.887. The SMILES string of the molecule is CC1CC=CCC1COCC(=O)Cc1ccc(F)cc1. The van der Waals surface area contributed by atoms with Gasteiger partial charge in [-0.25, -0.2) is 4.39 Å². The van der Waals surface area contributed by atoms with Gasteiger partial charge in [-0.15, -0.1) is 0 Å². The van der Waals surface area contributed by atoms with Gasteiger partial charge in [0.15, 0.2) is 5.78 Å². The molecule has 0 bridgehead atoms. The molecule has 1 aliphatic carbocycles. The van der Waals surface area contributed by atoms with E-state index in [9.17, 15) is 9.18 Å². The van der Waals surface area contributed by atoms with Gasteiger partial charge in [0.25, 0.3) is 0 Å². The molecule has 108 valence electrons. The van der Waals surface area contributed by atoms with E-state index >= 15 is 0 Å². The van der Waals surface area contributed by atoms with Crippen molar-refractivity contribution in [2.24, 2.45) is 11.8 Å². The van der Waals surface area contributed by atoms with Crippen molar-refractivity contribution in [3.05, 3.63) is 47.8 Å². The van der Waals surface area contributed by atoms with Crippen LogP contribution in [0.15, 0.2) is 36.4 Å². The monoisotopic (exact) mass is 276 g/mol. The largest absolute Gasteiger partial charge is 0.373 e. The van der Waals surface area contributed by atoms with Gasteiger partial charge in [0.2, 0.25) is 0 Å². The van der Waals surface area contributed by atoms with Crippen molar-refractivity contribution in [2.75, 3.05) is 13.2 Å². The minimum absolute atomic E-state index is 0.0376. The Kier molecular flexibility index (Phi) is 5.48. The summed E-state index contributed by atoms with van der Waals surface area (Å²) in [5.41, 5.74) is 0.828. The Bertz CT molecular complexity index is 464. The number of hydrogen-bond donors (Lipinski definition) is 0. The highest BCUT2D eigenvalue weighted by Gasteiger charge is 2.18.